The van der Waals surface area contributed by atoms with Crippen LogP contribution in [0.15, 0.2) is 60.7 Å². The fourth-order valence-electron chi connectivity index (χ4n) is 2.83. The van der Waals surface area contributed by atoms with Crippen molar-refractivity contribution in [1.82, 2.24) is 0 Å². The van der Waals surface area contributed by atoms with E-state index in [1.807, 2.05) is 36.4 Å². The molecule has 0 bridgehead atoms. The second kappa shape index (κ2) is 6.14. The molecule has 1 aliphatic heterocycles. The normalized spacial score (nSPS) is 15.2. The molecule has 0 radical (unpaired) electrons. The number of benzene rings is 2. The minimum atomic E-state index is -4.34. The molecule has 0 saturated carbocycles. The van der Waals surface area contributed by atoms with E-state index < -0.39 is 11.7 Å². The molecule has 1 aliphatic rings. The van der Waals surface area contributed by atoms with Gasteiger partial charge in [0.15, 0.2) is 0 Å². The van der Waals surface area contributed by atoms with Gasteiger partial charge in [-0.3, -0.25) is 4.79 Å². The molecule has 2 nitrogen and oxygen atoms in total. The minimum absolute atomic E-state index is 0.157. The number of anilines is 1. The Morgan fingerprint density at radius 2 is 1.65 bits per heavy atom. The van der Waals surface area contributed by atoms with E-state index in [9.17, 15) is 18.0 Å². The summed E-state index contributed by atoms with van der Waals surface area (Å²) in [5.41, 5.74) is 2.26. The molecular weight excluding hydrogens is 359 g/mol. The predicted octanol–water partition coefficient (Wildman–Crippen LogP) is 5.93. The van der Waals surface area contributed by atoms with Crippen molar-refractivity contribution in [3.63, 3.8) is 0 Å². The highest BCUT2D eigenvalue weighted by Crippen LogP contribution is 2.36. The number of rotatable bonds is 2. The zero-order valence-corrected chi connectivity index (χ0v) is 14.1. The van der Waals surface area contributed by atoms with E-state index >= 15 is 0 Å². The monoisotopic (exact) mass is 371 g/mol. The smallest absolute Gasteiger partial charge is 0.321 e. The molecule has 1 N–H and O–H groups in total. The number of amides is 1. The number of carbonyl (C=O) groups is 1. The van der Waals surface area contributed by atoms with Crippen LogP contribution >= 0.6 is 11.3 Å². The molecule has 0 aliphatic carbocycles. The lowest BCUT2D eigenvalue weighted by molar-refractivity contribution is -0.137. The molecule has 0 unspecified atom stereocenters. The van der Waals surface area contributed by atoms with E-state index in [-0.39, 0.29) is 5.91 Å². The highest BCUT2D eigenvalue weighted by atomic mass is 32.1. The van der Waals surface area contributed by atoms with Gasteiger partial charge < -0.3 is 5.32 Å². The number of nitrogens with one attached hydrogen (secondary N) is 1. The highest BCUT2D eigenvalue weighted by Gasteiger charge is 2.30. The van der Waals surface area contributed by atoms with Crippen LogP contribution in [0.3, 0.4) is 0 Å². The first-order valence-electron chi connectivity index (χ1n) is 7.82. The first-order chi connectivity index (χ1) is 12.4. The Labute approximate surface area is 151 Å². The molecule has 0 fully saturated rings. The number of carbonyl (C=O) groups excluding carboxylic acids is 1. The Kier molecular flexibility index (Phi) is 3.92. The maximum absolute atomic E-state index is 12.7. The van der Waals surface area contributed by atoms with Crippen molar-refractivity contribution in [1.29, 1.82) is 0 Å². The second-order valence-corrected chi connectivity index (χ2v) is 6.95. The third-order valence-corrected chi connectivity index (χ3v) is 5.20. The maximum Gasteiger partial charge on any atom is 0.416 e. The van der Waals surface area contributed by atoms with Gasteiger partial charge in [-0.15, -0.1) is 11.3 Å². The third-order valence-electron chi connectivity index (χ3n) is 4.12. The fraction of sp³-hybridized carbons (Fsp3) is 0.0500. The van der Waals surface area contributed by atoms with Gasteiger partial charge in [-0.1, -0.05) is 30.3 Å². The maximum atomic E-state index is 12.7. The molecule has 130 valence electrons. The van der Waals surface area contributed by atoms with Crippen LogP contribution in [0.1, 0.15) is 16.0 Å². The van der Waals surface area contributed by atoms with E-state index in [0.29, 0.717) is 11.1 Å². The van der Waals surface area contributed by atoms with Crippen LogP contribution in [-0.4, -0.2) is 5.91 Å². The molecule has 0 saturated heterocycles. The van der Waals surface area contributed by atoms with E-state index in [0.717, 1.165) is 33.1 Å². The summed E-state index contributed by atoms with van der Waals surface area (Å²) in [7, 11) is 0. The molecule has 3 aromatic rings. The van der Waals surface area contributed by atoms with Gasteiger partial charge in [-0.05, 0) is 42.0 Å². The molecule has 4 rings (SSSR count). The average Bonchev–Trinajstić information content (AvgIpc) is 3.20. The van der Waals surface area contributed by atoms with Gasteiger partial charge in [0.1, 0.15) is 0 Å². The van der Waals surface area contributed by atoms with Crippen LogP contribution in [0.2, 0.25) is 0 Å². The first-order valence-corrected chi connectivity index (χ1v) is 8.63. The quantitative estimate of drug-likeness (QED) is 0.556. The number of para-hydroxylation sites is 1. The van der Waals surface area contributed by atoms with Gasteiger partial charge in [0.25, 0.3) is 5.91 Å². The number of halogens is 3. The summed E-state index contributed by atoms with van der Waals surface area (Å²) in [6.45, 7) is 0. The van der Waals surface area contributed by atoms with Crippen LogP contribution in [0, 0.1) is 0 Å². The number of hydrogen-bond donors (Lipinski definition) is 1. The van der Waals surface area contributed by atoms with Crippen LogP contribution in [0.5, 0.6) is 0 Å². The summed E-state index contributed by atoms with van der Waals surface area (Å²) in [6, 6.07) is 16.2. The zero-order chi connectivity index (χ0) is 18.3. The first kappa shape index (κ1) is 16.6. The Hall–Kier alpha value is -2.86. The summed E-state index contributed by atoms with van der Waals surface area (Å²) in [5, 5.41) is 2.82. The summed E-state index contributed by atoms with van der Waals surface area (Å²) < 4.78 is 38.0. The summed E-state index contributed by atoms with van der Waals surface area (Å²) in [6.07, 6.45) is -2.54. The van der Waals surface area contributed by atoms with Crippen LogP contribution in [-0.2, 0) is 11.0 Å². The van der Waals surface area contributed by atoms with Gasteiger partial charge in [-0.2, -0.15) is 13.2 Å². The van der Waals surface area contributed by atoms with Crippen molar-refractivity contribution in [3.05, 3.63) is 76.7 Å². The van der Waals surface area contributed by atoms with E-state index in [2.05, 4.69) is 5.32 Å². The van der Waals surface area contributed by atoms with Crippen molar-refractivity contribution < 1.29 is 18.0 Å². The lowest BCUT2D eigenvalue weighted by Crippen LogP contribution is -2.03. The van der Waals surface area contributed by atoms with Gasteiger partial charge in [-0.25, -0.2) is 0 Å². The van der Waals surface area contributed by atoms with E-state index in [1.54, 1.807) is 6.08 Å². The Morgan fingerprint density at radius 1 is 0.923 bits per heavy atom. The second-order valence-electron chi connectivity index (χ2n) is 5.83. The third kappa shape index (κ3) is 3.04. The Bertz CT molecular complexity index is 1020. The number of hydrogen-bond acceptors (Lipinski definition) is 2. The topological polar surface area (TPSA) is 29.1 Å². The van der Waals surface area contributed by atoms with Crippen molar-refractivity contribution in [2.24, 2.45) is 0 Å². The lowest BCUT2D eigenvalue weighted by atomic mass is 10.1. The summed E-state index contributed by atoms with van der Waals surface area (Å²) >= 11 is 1.43. The largest absolute Gasteiger partial charge is 0.416 e. The van der Waals surface area contributed by atoms with Crippen molar-refractivity contribution in [3.8, 4) is 10.4 Å². The molecule has 2 heterocycles. The number of fused-ring (bicyclic) bond motifs is 1. The van der Waals surface area contributed by atoms with Crippen LogP contribution in [0.4, 0.5) is 18.9 Å². The average molecular weight is 371 g/mol. The highest BCUT2D eigenvalue weighted by molar-refractivity contribution is 7.16. The number of thiophene rings is 1. The summed E-state index contributed by atoms with van der Waals surface area (Å²) in [5.74, 6) is -0.157. The molecule has 2 aromatic carbocycles. The zero-order valence-electron chi connectivity index (χ0n) is 13.3. The molecule has 6 heteroatoms. The van der Waals surface area contributed by atoms with E-state index in [1.165, 1.54) is 23.5 Å². The molecule has 1 aromatic heterocycles. The van der Waals surface area contributed by atoms with Gasteiger partial charge in [0.05, 0.1) is 11.1 Å². The van der Waals surface area contributed by atoms with Crippen LogP contribution < -0.4 is 5.32 Å². The van der Waals surface area contributed by atoms with Crippen LogP contribution in [0.25, 0.3) is 22.1 Å². The fourth-order valence-corrected chi connectivity index (χ4v) is 3.79. The molecule has 26 heavy (non-hydrogen) atoms. The van der Waals surface area contributed by atoms with Crippen molar-refractivity contribution in [2.45, 2.75) is 6.18 Å². The van der Waals surface area contributed by atoms with Gasteiger partial charge in [0, 0.05) is 21.0 Å². The number of alkyl halides is 3. The molecule has 0 atom stereocenters. The summed E-state index contributed by atoms with van der Waals surface area (Å²) in [4.78, 5) is 13.9. The Balaban J connectivity index is 1.64. The lowest BCUT2D eigenvalue weighted by Gasteiger charge is -2.06. The molecular formula is C20H12F3NOS. The van der Waals surface area contributed by atoms with Gasteiger partial charge >= 0.3 is 6.18 Å². The standard InChI is InChI=1S/C20H12F3NOS/c21-20(22,23)13-7-5-12(6-8-13)18-10-9-14(26-18)11-16-15-3-1-2-4-17(15)24-19(16)25/h1-11H,(H,24,25)/b16-11-. The van der Waals surface area contributed by atoms with Crippen molar-refractivity contribution in [2.75, 3.05) is 5.32 Å². The van der Waals surface area contributed by atoms with Crippen molar-refractivity contribution >= 4 is 34.6 Å². The molecule has 0 spiro atoms. The minimum Gasteiger partial charge on any atom is -0.321 e. The SMILES string of the molecule is O=C1Nc2ccccc2/C1=C/c1ccc(-c2ccc(C(F)(F)F)cc2)s1. The molecule has 1 amide bonds. The van der Waals surface area contributed by atoms with E-state index in [4.69, 9.17) is 0 Å². The predicted molar refractivity (Wildman–Crippen MR) is 97.7 cm³/mol. The van der Waals surface area contributed by atoms with Gasteiger partial charge in [0.2, 0.25) is 0 Å². The Morgan fingerprint density at radius 3 is 2.38 bits per heavy atom.